The standard InChI is InChI=1S/C27H15BNSe2.C12H10N.Ir/c1-3-11-21-17(7-1)15-16-22(29-21)18-8-5-10-20-27(18)31-25-14-6-13-24-26(25)28(20)19-9-2-4-12-23(19)30-24;1-10-7-8-12(13-9-10)11-5-3-2-4-6-11;/h1-7,9-16H;2-5,7-9H,1H3;/q2*-1;. The zero-order valence-corrected chi connectivity index (χ0v) is 30.1. The van der Waals surface area contributed by atoms with Crippen LogP contribution in [0.4, 0.5) is 0 Å². The molecular weight excluding hydrogens is 857 g/mol. The van der Waals surface area contributed by atoms with Crippen LogP contribution in [-0.4, -0.2) is 46.6 Å². The molecule has 0 spiro atoms. The van der Waals surface area contributed by atoms with E-state index >= 15 is 0 Å². The maximum absolute atomic E-state index is 5.02. The molecule has 0 atom stereocenters. The number of aryl methyl sites for hydroxylation is 1. The van der Waals surface area contributed by atoms with Crippen molar-refractivity contribution in [1.29, 1.82) is 0 Å². The number of hydrogen-bond donors (Lipinski definition) is 0. The van der Waals surface area contributed by atoms with E-state index in [0.717, 1.165) is 22.5 Å². The third-order valence-electron chi connectivity index (χ3n) is 8.02. The molecule has 4 heterocycles. The third-order valence-corrected chi connectivity index (χ3v) is 13.0. The fourth-order valence-corrected chi connectivity index (χ4v) is 11.4. The number of hydrogen-bond acceptors (Lipinski definition) is 2. The van der Waals surface area contributed by atoms with Crippen molar-refractivity contribution in [2.45, 2.75) is 6.92 Å². The molecule has 0 saturated carbocycles. The minimum absolute atomic E-state index is 0. The van der Waals surface area contributed by atoms with Crippen molar-refractivity contribution in [3.05, 3.63) is 151 Å². The number of aromatic nitrogens is 2. The first-order valence-corrected chi connectivity index (χ1v) is 18.0. The predicted octanol–water partition coefficient (Wildman–Crippen LogP) is 3.01. The van der Waals surface area contributed by atoms with Gasteiger partial charge in [0.2, 0.25) is 0 Å². The molecule has 9 rings (SSSR count). The third kappa shape index (κ3) is 5.80. The van der Waals surface area contributed by atoms with Gasteiger partial charge in [-0.25, -0.2) is 0 Å². The van der Waals surface area contributed by atoms with Crippen LogP contribution in [0.25, 0.3) is 33.4 Å². The van der Waals surface area contributed by atoms with Gasteiger partial charge >= 0.3 is 195 Å². The number of rotatable bonds is 2. The zero-order valence-electron chi connectivity index (χ0n) is 24.3. The second-order valence-electron chi connectivity index (χ2n) is 10.9. The average molecular weight is 883 g/mol. The topological polar surface area (TPSA) is 25.8 Å². The first kappa shape index (κ1) is 30.1. The Bertz CT molecular complexity index is 2150. The van der Waals surface area contributed by atoms with Crippen molar-refractivity contribution < 1.29 is 20.1 Å². The van der Waals surface area contributed by atoms with Gasteiger partial charge < -0.3 is 4.98 Å². The van der Waals surface area contributed by atoms with Gasteiger partial charge in [-0.15, -0.1) is 35.9 Å². The van der Waals surface area contributed by atoms with Gasteiger partial charge in [-0.3, -0.25) is 0 Å². The molecule has 5 aromatic carbocycles. The van der Waals surface area contributed by atoms with Crippen molar-refractivity contribution in [1.82, 2.24) is 9.97 Å². The van der Waals surface area contributed by atoms with Crippen molar-refractivity contribution >= 4 is 81.8 Å². The maximum atomic E-state index is 5.02. The Morgan fingerprint density at radius 1 is 0.622 bits per heavy atom. The molecule has 2 aliphatic rings. The van der Waals surface area contributed by atoms with Crippen LogP contribution in [0, 0.1) is 19.1 Å². The predicted molar refractivity (Wildman–Crippen MR) is 187 cm³/mol. The van der Waals surface area contributed by atoms with Crippen LogP contribution in [0.15, 0.2) is 134 Å². The molecule has 7 aromatic rings. The van der Waals surface area contributed by atoms with Gasteiger partial charge in [0.15, 0.2) is 0 Å². The van der Waals surface area contributed by atoms with E-state index in [4.69, 9.17) is 4.98 Å². The van der Waals surface area contributed by atoms with E-state index in [1.165, 1.54) is 40.8 Å². The van der Waals surface area contributed by atoms with E-state index in [1.54, 1.807) is 9.92 Å². The molecule has 0 bridgehead atoms. The van der Waals surface area contributed by atoms with Crippen molar-refractivity contribution in [3.63, 3.8) is 0 Å². The van der Waals surface area contributed by atoms with E-state index in [-0.39, 0.29) is 35.1 Å². The molecule has 2 aromatic heterocycles. The summed E-state index contributed by atoms with van der Waals surface area (Å²) in [5, 5.41) is 1.18. The van der Waals surface area contributed by atoms with Crippen LogP contribution in [0.5, 0.6) is 0 Å². The van der Waals surface area contributed by atoms with Crippen LogP contribution in [0.3, 0.4) is 0 Å². The van der Waals surface area contributed by atoms with E-state index in [2.05, 4.69) is 114 Å². The second kappa shape index (κ2) is 13.0. The summed E-state index contributed by atoms with van der Waals surface area (Å²) in [6.07, 6.45) is 1.87. The van der Waals surface area contributed by atoms with Gasteiger partial charge in [-0.2, -0.15) is 0 Å². The molecule has 0 amide bonds. The Morgan fingerprint density at radius 3 is 2.24 bits per heavy atom. The van der Waals surface area contributed by atoms with Gasteiger partial charge in [0.05, 0.1) is 0 Å². The summed E-state index contributed by atoms with van der Waals surface area (Å²) in [5.41, 5.74) is 11.0. The van der Waals surface area contributed by atoms with Crippen LogP contribution in [-0.2, 0) is 20.1 Å². The van der Waals surface area contributed by atoms with Crippen LogP contribution in [0.2, 0.25) is 0 Å². The SMILES string of the molecule is Cc1ccc(-c2[c-]cccc2)nc1.[Ir].[c-]1ccc2c(c1-c1ccc3ccccc3n1)[Se]c1cccc3c1B2c1ccccc1[Se]3. The fraction of sp³-hybridized carbons (Fsp3) is 0.0256. The van der Waals surface area contributed by atoms with Gasteiger partial charge in [0.25, 0.3) is 0 Å². The second-order valence-corrected chi connectivity index (χ2v) is 15.3. The summed E-state index contributed by atoms with van der Waals surface area (Å²) in [4.78, 5) is 9.34. The van der Waals surface area contributed by atoms with Gasteiger partial charge in [0.1, 0.15) is 0 Å². The molecule has 1 radical (unpaired) electrons. The van der Waals surface area contributed by atoms with Crippen molar-refractivity contribution in [3.8, 4) is 22.5 Å². The zero-order chi connectivity index (χ0) is 29.5. The molecule has 0 unspecified atom stereocenters. The summed E-state index contributed by atoms with van der Waals surface area (Å²) in [7, 11) is 0. The molecule has 2 nitrogen and oxygen atoms in total. The monoisotopic (exact) mass is 885 g/mol. The van der Waals surface area contributed by atoms with Crippen molar-refractivity contribution in [2.75, 3.05) is 0 Å². The van der Waals surface area contributed by atoms with E-state index in [1.807, 2.05) is 43.5 Å². The van der Waals surface area contributed by atoms with Crippen LogP contribution >= 0.6 is 0 Å². The number of nitrogens with zero attached hydrogens (tertiary/aromatic N) is 2. The molecule has 2 aliphatic heterocycles. The molecule has 0 fully saturated rings. The number of benzene rings is 5. The van der Waals surface area contributed by atoms with Gasteiger partial charge in [-0.05, 0) is 18.2 Å². The Hall–Kier alpha value is -3.59. The summed E-state index contributed by atoms with van der Waals surface area (Å²) < 4.78 is 6.04. The first-order valence-electron chi connectivity index (χ1n) is 14.6. The fourth-order valence-electron chi connectivity index (χ4n) is 5.92. The van der Waals surface area contributed by atoms with E-state index in [0.29, 0.717) is 21.7 Å². The Labute approximate surface area is 290 Å². The molecule has 0 saturated heterocycles. The number of fused-ring (bicyclic) bond motifs is 5. The van der Waals surface area contributed by atoms with E-state index < -0.39 is 0 Å². The molecule has 217 valence electrons. The number of pyridine rings is 2. The van der Waals surface area contributed by atoms with E-state index in [9.17, 15) is 0 Å². The van der Waals surface area contributed by atoms with Crippen molar-refractivity contribution in [2.24, 2.45) is 0 Å². The summed E-state index contributed by atoms with van der Waals surface area (Å²) >= 11 is 0.635. The number of para-hydroxylation sites is 1. The quantitative estimate of drug-likeness (QED) is 0.198. The minimum atomic E-state index is 0. The molecule has 0 N–H and O–H groups in total. The van der Waals surface area contributed by atoms with Crippen LogP contribution < -0.4 is 34.2 Å². The summed E-state index contributed by atoms with van der Waals surface area (Å²) in [6, 6.07) is 51.8. The summed E-state index contributed by atoms with van der Waals surface area (Å²) in [6.45, 7) is 2.36. The normalized spacial score (nSPS) is 12.2. The molecule has 0 aliphatic carbocycles. The Morgan fingerprint density at radius 2 is 1.40 bits per heavy atom. The first-order chi connectivity index (χ1) is 21.7. The average Bonchev–Trinajstić information content (AvgIpc) is 3.09. The Balaban J connectivity index is 0.000000196. The Kier molecular flexibility index (Phi) is 8.71. The molecule has 45 heavy (non-hydrogen) atoms. The van der Waals surface area contributed by atoms with Crippen LogP contribution in [0.1, 0.15) is 5.56 Å². The van der Waals surface area contributed by atoms with Gasteiger partial charge in [-0.1, -0.05) is 12.1 Å². The molecular formula is C39H25BIrN2Se2-2. The van der Waals surface area contributed by atoms with Gasteiger partial charge in [0, 0.05) is 26.3 Å². The molecule has 6 heteroatoms. The summed E-state index contributed by atoms with van der Waals surface area (Å²) in [5.74, 6) is 0.